The topological polar surface area (TPSA) is 289 Å². The third kappa shape index (κ3) is 33.9. The van der Waals surface area contributed by atoms with E-state index in [2.05, 4.69) is 25.9 Å². The lowest BCUT2D eigenvalue weighted by Crippen LogP contribution is -2.45. The van der Waals surface area contributed by atoms with Crippen molar-refractivity contribution in [2.24, 2.45) is 11.7 Å². The number of carbonyl (C=O) groups is 7. The second-order valence-corrected chi connectivity index (χ2v) is 16.4. The molecule has 18 nitrogen and oxygen atoms in total. The number of ketones is 2. The van der Waals surface area contributed by atoms with Crippen LogP contribution in [-0.4, -0.2) is 125 Å². The number of carboxylic acids is 3. The zero-order valence-electron chi connectivity index (χ0n) is 37.6. The van der Waals surface area contributed by atoms with Crippen LogP contribution in [0.5, 0.6) is 0 Å². The predicted octanol–water partition coefficient (Wildman–Crippen LogP) is 4.87. The maximum Gasteiger partial charge on any atom is 0.320 e. The van der Waals surface area contributed by atoms with Crippen LogP contribution in [0.1, 0.15) is 160 Å². The van der Waals surface area contributed by atoms with E-state index in [0.29, 0.717) is 31.5 Å². The molecule has 0 aliphatic rings. The number of amides is 2. The summed E-state index contributed by atoms with van der Waals surface area (Å²) in [6.07, 6.45) is 23.2. The van der Waals surface area contributed by atoms with Crippen LogP contribution in [0, 0.1) is 5.92 Å². The molecule has 0 unspecified atom stereocenters. The molecule has 1 rings (SSSR count). The summed E-state index contributed by atoms with van der Waals surface area (Å²) in [5.41, 5.74) is 6.62. The van der Waals surface area contributed by atoms with E-state index in [1.807, 2.05) is 0 Å². The molecular weight excluding hydrogens is 817 g/mol. The summed E-state index contributed by atoms with van der Waals surface area (Å²) >= 11 is 0. The van der Waals surface area contributed by atoms with Crippen LogP contribution < -0.4 is 21.7 Å². The Balaban J connectivity index is 1.97. The summed E-state index contributed by atoms with van der Waals surface area (Å²) in [5.74, 6) is -4.81. The molecule has 360 valence electrons. The molecule has 2 amide bonds. The van der Waals surface area contributed by atoms with E-state index < -0.39 is 35.9 Å². The Hall–Kier alpha value is -4.26. The van der Waals surface area contributed by atoms with Gasteiger partial charge in [-0.05, 0) is 38.5 Å². The van der Waals surface area contributed by atoms with Crippen molar-refractivity contribution in [2.75, 3.05) is 46.1 Å². The highest BCUT2D eigenvalue weighted by atomic mass is 16.5. The van der Waals surface area contributed by atoms with Crippen molar-refractivity contribution >= 4 is 41.3 Å². The highest BCUT2D eigenvalue weighted by molar-refractivity contribution is 5.86. The van der Waals surface area contributed by atoms with Crippen LogP contribution in [0.15, 0.2) is 12.5 Å². The third-order valence-corrected chi connectivity index (χ3v) is 10.8. The number of carboxylic acid groups (broad SMARTS) is 3. The SMILES string of the molecule is N[C@@H](Cc1cnc[nH]1)C(=O)CN[C@@H](CCCCNC(=O)COCCOCCNC(=O)CC[C@H](CC(=O)CCCCCCCCCCCCCCCCCCC(=O)O)C(=O)O)C(=O)O. The van der Waals surface area contributed by atoms with Crippen LogP contribution >= 0.6 is 0 Å². The van der Waals surface area contributed by atoms with Gasteiger partial charge in [-0.1, -0.05) is 89.9 Å². The first-order valence-corrected chi connectivity index (χ1v) is 23.3. The van der Waals surface area contributed by atoms with Gasteiger partial charge >= 0.3 is 17.9 Å². The molecule has 0 bridgehead atoms. The number of imidazole rings is 1. The molecule has 3 atom stereocenters. The van der Waals surface area contributed by atoms with Crippen molar-refractivity contribution in [3.63, 3.8) is 0 Å². The maximum atomic E-state index is 12.5. The van der Waals surface area contributed by atoms with E-state index in [0.717, 1.165) is 44.9 Å². The maximum absolute atomic E-state index is 12.5. The first-order valence-electron chi connectivity index (χ1n) is 23.3. The zero-order chi connectivity index (χ0) is 46.3. The smallest absolute Gasteiger partial charge is 0.320 e. The van der Waals surface area contributed by atoms with Crippen molar-refractivity contribution in [3.8, 4) is 0 Å². The Morgan fingerprint density at radius 1 is 0.635 bits per heavy atom. The second-order valence-electron chi connectivity index (χ2n) is 16.4. The molecule has 0 spiro atoms. The predicted molar refractivity (Wildman–Crippen MR) is 237 cm³/mol. The number of aromatic amines is 1. The van der Waals surface area contributed by atoms with E-state index in [1.165, 1.54) is 64.1 Å². The van der Waals surface area contributed by atoms with Gasteiger partial charge in [-0.25, -0.2) is 4.98 Å². The quantitative estimate of drug-likeness (QED) is 0.0405. The standard InChI is InChI=1S/C45H78N6O12/c46-38(30-36-31-47-34-51-36)40(53)32-50-39(45(60)61)20-17-18-24-48-42(55)33-63-28-27-62-26-25-49-41(54)23-22-35(44(58)59)29-37(52)19-15-13-11-9-7-5-3-1-2-4-6-8-10-12-14-16-21-43(56)57/h31,34-35,38-39,50H,1-30,32-33,46H2,(H,47,51)(H,48,55)(H,49,54)(H,56,57)(H,58,59)(H,60,61)/t35-,38+,39+/m1/s1. The minimum atomic E-state index is -1.08. The molecule has 1 aromatic rings. The molecule has 0 aliphatic heterocycles. The number of hydrogen-bond donors (Lipinski definition) is 8. The minimum Gasteiger partial charge on any atom is -0.481 e. The zero-order valence-corrected chi connectivity index (χ0v) is 37.6. The molecule has 63 heavy (non-hydrogen) atoms. The number of hydrogen-bond acceptors (Lipinski definition) is 12. The van der Waals surface area contributed by atoms with Gasteiger partial charge in [-0.3, -0.25) is 38.9 Å². The molecule has 0 radical (unpaired) electrons. The van der Waals surface area contributed by atoms with Gasteiger partial charge in [-0.15, -0.1) is 0 Å². The number of rotatable bonds is 45. The molecule has 0 saturated carbocycles. The number of Topliss-reactive ketones (excluding diaryl/α,β-unsaturated/α-hetero) is 2. The van der Waals surface area contributed by atoms with Crippen molar-refractivity contribution in [2.45, 2.75) is 173 Å². The molecule has 0 aromatic carbocycles. The molecular formula is C45H78N6O12. The number of aromatic nitrogens is 2. The monoisotopic (exact) mass is 895 g/mol. The number of unbranched alkanes of at least 4 members (excludes halogenated alkanes) is 16. The van der Waals surface area contributed by atoms with Crippen LogP contribution in [0.2, 0.25) is 0 Å². The van der Waals surface area contributed by atoms with E-state index in [-0.39, 0.29) is 101 Å². The van der Waals surface area contributed by atoms with Crippen molar-refractivity contribution in [1.29, 1.82) is 0 Å². The summed E-state index contributed by atoms with van der Waals surface area (Å²) < 4.78 is 10.7. The Kier molecular flexibility index (Phi) is 34.4. The van der Waals surface area contributed by atoms with Gasteiger partial charge in [0.25, 0.3) is 0 Å². The van der Waals surface area contributed by atoms with Crippen LogP contribution in [0.4, 0.5) is 0 Å². The Morgan fingerprint density at radius 3 is 1.76 bits per heavy atom. The number of nitrogens with one attached hydrogen (secondary N) is 4. The third-order valence-electron chi connectivity index (χ3n) is 10.8. The van der Waals surface area contributed by atoms with Gasteiger partial charge in [0.1, 0.15) is 18.4 Å². The number of ether oxygens (including phenoxy) is 2. The van der Waals surface area contributed by atoms with Crippen molar-refractivity contribution in [1.82, 2.24) is 25.9 Å². The van der Waals surface area contributed by atoms with Crippen LogP contribution in [-0.2, 0) is 49.5 Å². The fourth-order valence-corrected chi connectivity index (χ4v) is 6.97. The lowest BCUT2D eigenvalue weighted by atomic mass is 9.94. The number of carbonyl (C=O) groups excluding carboxylic acids is 4. The highest BCUT2D eigenvalue weighted by Crippen LogP contribution is 2.17. The summed E-state index contributed by atoms with van der Waals surface area (Å²) in [6.45, 7) is 0.721. The summed E-state index contributed by atoms with van der Waals surface area (Å²) in [7, 11) is 0. The normalized spacial score (nSPS) is 12.7. The largest absolute Gasteiger partial charge is 0.481 e. The number of H-pyrrole nitrogens is 1. The van der Waals surface area contributed by atoms with Gasteiger partial charge in [0.15, 0.2) is 5.78 Å². The summed E-state index contributed by atoms with van der Waals surface area (Å²) in [4.78, 5) is 89.7. The molecule has 0 fully saturated rings. The Morgan fingerprint density at radius 2 is 1.21 bits per heavy atom. The lowest BCUT2D eigenvalue weighted by molar-refractivity contribution is -0.144. The lowest BCUT2D eigenvalue weighted by Gasteiger charge is -2.16. The fourth-order valence-electron chi connectivity index (χ4n) is 6.97. The van der Waals surface area contributed by atoms with Crippen molar-refractivity contribution in [3.05, 3.63) is 18.2 Å². The summed E-state index contributed by atoms with van der Waals surface area (Å²) in [5, 5.41) is 35.9. The average molecular weight is 895 g/mol. The van der Waals surface area contributed by atoms with Gasteiger partial charge < -0.3 is 46.1 Å². The molecule has 1 heterocycles. The first kappa shape index (κ1) is 56.8. The second kappa shape index (κ2) is 38.2. The first-order chi connectivity index (χ1) is 30.4. The Labute approximate surface area is 373 Å². The number of aliphatic carboxylic acids is 3. The van der Waals surface area contributed by atoms with E-state index in [4.69, 9.17) is 20.3 Å². The van der Waals surface area contributed by atoms with Gasteiger partial charge in [0.05, 0.1) is 44.7 Å². The van der Waals surface area contributed by atoms with Gasteiger partial charge in [0.2, 0.25) is 11.8 Å². The number of nitrogens with two attached hydrogens (primary N) is 1. The highest BCUT2D eigenvalue weighted by Gasteiger charge is 2.23. The Bertz CT molecular complexity index is 1410. The molecule has 0 aliphatic carbocycles. The summed E-state index contributed by atoms with van der Waals surface area (Å²) in [6, 6.07) is -1.72. The molecule has 1 aromatic heterocycles. The molecule has 18 heteroatoms. The average Bonchev–Trinajstić information content (AvgIpc) is 3.76. The van der Waals surface area contributed by atoms with Crippen LogP contribution in [0.25, 0.3) is 0 Å². The van der Waals surface area contributed by atoms with E-state index in [9.17, 15) is 43.8 Å². The van der Waals surface area contributed by atoms with Gasteiger partial charge in [0, 0.05) is 57.1 Å². The molecule has 9 N–H and O–H groups in total. The van der Waals surface area contributed by atoms with Gasteiger partial charge in [-0.2, -0.15) is 0 Å². The van der Waals surface area contributed by atoms with Crippen LogP contribution in [0.3, 0.4) is 0 Å². The van der Waals surface area contributed by atoms with Crippen molar-refractivity contribution < 1.29 is 58.4 Å². The fraction of sp³-hybridized carbons (Fsp3) is 0.778. The van der Waals surface area contributed by atoms with E-state index in [1.54, 1.807) is 6.20 Å². The number of nitrogens with zero attached hydrogens (tertiary/aromatic N) is 1. The molecule has 0 saturated heterocycles. The minimum absolute atomic E-state index is 0.0128. The van der Waals surface area contributed by atoms with E-state index >= 15 is 0 Å².